The van der Waals surface area contributed by atoms with Gasteiger partial charge in [-0.3, -0.25) is 9.59 Å². The maximum atomic E-state index is 11.8. The van der Waals surface area contributed by atoms with Gasteiger partial charge in [0.05, 0.1) is 18.0 Å². The third-order valence-electron chi connectivity index (χ3n) is 3.10. The standard InChI is InChI=1S/C15H19N5O3S/c1-3-11-5-7-12(8-6-11)20-15(17-18-19-20)24-10-13(21)16-9-14(22)23-4-2/h5-8H,3-4,9-10H2,1-2H3,(H,16,21). The van der Waals surface area contributed by atoms with E-state index >= 15 is 0 Å². The molecule has 0 bridgehead atoms. The molecule has 1 aromatic carbocycles. The summed E-state index contributed by atoms with van der Waals surface area (Å²) >= 11 is 1.19. The van der Waals surface area contributed by atoms with Crippen LogP contribution in [0.4, 0.5) is 0 Å². The molecule has 0 spiro atoms. The van der Waals surface area contributed by atoms with Gasteiger partial charge in [-0.1, -0.05) is 30.8 Å². The number of aryl methyl sites for hydroxylation is 1. The Labute approximate surface area is 144 Å². The summed E-state index contributed by atoms with van der Waals surface area (Å²) in [5, 5.41) is 14.5. The Kier molecular flexibility index (Phi) is 6.74. The zero-order chi connectivity index (χ0) is 17.4. The summed E-state index contributed by atoms with van der Waals surface area (Å²) < 4.78 is 6.31. The Morgan fingerprint density at radius 3 is 2.67 bits per heavy atom. The second kappa shape index (κ2) is 9.02. The van der Waals surface area contributed by atoms with Gasteiger partial charge in [0, 0.05) is 0 Å². The van der Waals surface area contributed by atoms with Gasteiger partial charge >= 0.3 is 5.97 Å². The number of nitrogens with zero attached hydrogens (tertiary/aromatic N) is 4. The largest absolute Gasteiger partial charge is 0.465 e. The van der Waals surface area contributed by atoms with Crippen molar-refractivity contribution in [3.8, 4) is 5.69 Å². The predicted molar refractivity (Wildman–Crippen MR) is 88.9 cm³/mol. The number of ether oxygens (including phenoxy) is 1. The molecule has 1 amide bonds. The van der Waals surface area contributed by atoms with Crippen LogP contribution < -0.4 is 5.32 Å². The highest BCUT2D eigenvalue weighted by atomic mass is 32.2. The minimum Gasteiger partial charge on any atom is -0.465 e. The molecule has 0 radical (unpaired) electrons. The van der Waals surface area contributed by atoms with Crippen molar-refractivity contribution in [2.45, 2.75) is 25.4 Å². The summed E-state index contributed by atoms with van der Waals surface area (Å²) in [6.07, 6.45) is 0.956. The molecular formula is C15H19N5O3S. The average molecular weight is 349 g/mol. The number of nitrogens with one attached hydrogen (secondary N) is 1. The van der Waals surface area contributed by atoms with Gasteiger partial charge in [-0.05, 0) is 41.5 Å². The number of rotatable bonds is 8. The molecule has 2 aromatic rings. The van der Waals surface area contributed by atoms with Crippen LogP contribution in [0.3, 0.4) is 0 Å². The number of hydrogen-bond acceptors (Lipinski definition) is 7. The van der Waals surface area contributed by atoms with E-state index in [9.17, 15) is 9.59 Å². The van der Waals surface area contributed by atoms with Crippen molar-refractivity contribution in [3.63, 3.8) is 0 Å². The lowest BCUT2D eigenvalue weighted by Crippen LogP contribution is -2.31. The maximum Gasteiger partial charge on any atom is 0.325 e. The number of benzene rings is 1. The smallest absolute Gasteiger partial charge is 0.325 e. The number of carbonyl (C=O) groups excluding carboxylic acids is 2. The molecule has 9 heteroatoms. The highest BCUT2D eigenvalue weighted by Gasteiger charge is 2.12. The molecule has 2 rings (SSSR count). The molecule has 0 aliphatic rings. The molecule has 0 aliphatic heterocycles. The van der Waals surface area contributed by atoms with E-state index in [0.29, 0.717) is 5.16 Å². The van der Waals surface area contributed by atoms with Crippen molar-refractivity contribution in [2.75, 3.05) is 18.9 Å². The van der Waals surface area contributed by atoms with Crippen molar-refractivity contribution >= 4 is 23.6 Å². The van der Waals surface area contributed by atoms with E-state index in [-0.39, 0.29) is 24.8 Å². The van der Waals surface area contributed by atoms with Gasteiger partial charge in [0.2, 0.25) is 11.1 Å². The fourth-order valence-electron chi connectivity index (χ4n) is 1.87. The van der Waals surface area contributed by atoms with Gasteiger partial charge in [0.15, 0.2) is 0 Å². The maximum absolute atomic E-state index is 11.8. The summed E-state index contributed by atoms with van der Waals surface area (Å²) in [5.41, 5.74) is 2.05. The first-order valence-electron chi connectivity index (χ1n) is 7.56. The number of amides is 1. The summed E-state index contributed by atoms with van der Waals surface area (Å²) in [5.74, 6) is -0.645. The third kappa shape index (κ3) is 5.05. The van der Waals surface area contributed by atoms with Crippen LogP contribution in [0.15, 0.2) is 29.4 Å². The summed E-state index contributed by atoms with van der Waals surface area (Å²) in [7, 11) is 0. The molecule has 0 aliphatic carbocycles. The average Bonchev–Trinajstić information content (AvgIpc) is 3.07. The highest BCUT2D eigenvalue weighted by Crippen LogP contribution is 2.18. The minimum absolute atomic E-state index is 0.104. The number of thioether (sulfide) groups is 1. The first-order chi connectivity index (χ1) is 11.6. The molecule has 0 saturated heterocycles. The Morgan fingerprint density at radius 1 is 1.25 bits per heavy atom. The third-order valence-corrected chi connectivity index (χ3v) is 4.02. The van der Waals surface area contributed by atoms with E-state index in [1.807, 2.05) is 24.3 Å². The minimum atomic E-state index is -0.461. The number of aromatic nitrogens is 4. The molecule has 8 nitrogen and oxygen atoms in total. The van der Waals surface area contributed by atoms with Crippen molar-refractivity contribution in [2.24, 2.45) is 0 Å². The van der Waals surface area contributed by atoms with Crippen molar-refractivity contribution < 1.29 is 14.3 Å². The molecule has 1 N–H and O–H groups in total. The van der Waals surface area contributed by atoms with Crippen LogP contribution in [0.5, 0.6) is 0 Å². The molecule has 24 heavy (non-hydrogen) atoms. The number of esters is 1. The number of carbonyl (C=O) groups is 2. The lowest BCUT2D eigenvalue weighted by Gasteiger charge is -2.06. The lowest BCUT2D eigenvalue weighted by molar-refractivity contribution is -0.143. The summed E-state index contributed by atoms with van der Waals surface area (Å²) in [6.45, 7) is 3.94. The molecule has 0 unspecified atom stereocenters. The first kappa shape index (κ1) is 17.9. The molecule has 128 valence electrons. The van der Waals surface area contributed by atoms with E-state index in [0.717, 1.165) is 12.1 Å². The van der Waals surface area contributed by atoms with Gasteiger partial charge in [-0.25, -0.2) is 0 Å². The second-order valence-corrected chi connectivity index (χ2v) is 5.71. The fraction of sp³-hybridized carbons (Fsp3) is 0.400. The monoisotopic (exact) mass is 349 g/mol. The molecular weight excluding hydrogens is 330 g/mol. The van der Waals surface area contributed by atoms with Crippen LogP contribution >= 0.6 is 11.8 Å². The Balaban J connectivity index is 1.91. The van der Waals surface area contributed by atoms with Crippen LogP contribution in [0.1, 0.15) is 19.4 Å². The normalized spacial score (nSPS) is 10.4. The van der Waals surface area contributed by atoms with Crippen molar-refractivity contribution in [1.29, 1.82) is 0 Å². The molecule has 0 atom stereocenters. The van der Waals surface area contributed by atoms with Gasteiger partial charge in [0.25, 0.3) is 0 Å². The van der Waals surface area contributed by atoms with Crippen molar-refractivity contribution in [3.05, 3.63) is 29.8 Å². The molecule has 0 fully saturated rings. The second-order valence-electron chi connectivity index (χ2n) is 4.76. The molecule has 1 aromatic heterocycles. The van der Waals surface area contributed by atoms with Crippen LogP contribution in [0.25, 0.3) is 5.69 Å². The van der Waals surface area contributed by atoms with E-state index in [1.54, 1.807) is 11.6 Å². The highest BCUT2D eigenvalue weighted by molar-refractivity contribution is 7.99. The quantitative estimate of drug-likeness (QED) is 0.560. The van der Waals surface area contributed by atoms with E-state index < -0.39 is 5.97 Å². The predicted octanol–water partition coefficient (Wildman–Crippen LogP) is 0.996. The zero-order valence-corrected chi connectivity index (χ0v) is 14.4. The Morgan fingerprint density at radius 2 is 2.00 bits per heavy atom. The van der Waals surface area contributed by atoms with E-state index in [2.05, 4.69) is 27.8 Å². The fourth-order valence-corrected chi connectivity index (χ4v) is 2.59. The molecule has 0 saturated carbocycles. The Hall–Kier alpha value is -2.42. The van der Waals surface area contributed by atoms with Crippen molar-refractivity contribution in [1.82, 2.24) is 25.5 Å². The Bertz CT molecular complexity index is 687. The van der Waals surface area contributed by atoms with Gasteiger partial charge < -0.3 is 10.1 Å². The first-order valence-corrected chi connectivity index (χ1v) is 8.55. The summed E-state index contributed by atoms with van der Waals surface area (Å²) in [4.78, 5) is 23.0. The zero-order valence-electron chi connectivity index (χ0n) is 13.6. The number of tetrazole rings is 1. The SMILES string of the molecule is CCOC(=O)CNC(=O)CSc1nnnn1-c1ccc(CC)cc1. The number of hydrogen-bond donors (Lipinski definition) is 1. The van der Waals surface area contributed by atoms with E-state index in [1.165, 1.54) is 17.3 Å². The van der Waals surface area contributed by atoms with Crippen LogP contribution in [0, 0.1) is 0 Å². The summed E-state index contributed by atoms with van der Waals surface area (Å²) in [6, 6.07) is 7.88. The molecule has 1 heterocycles. The topological polar surface area (TPSA) is 99.0 Å². The van der Waals surface area contributed by atoms with E-state index in [4.69, 9.17) is 4.74 Å². The van der Waals surface area contributed by atoms with Crippen LogP contribution in [-0.2, 0) is 20.7 Å². The lowest BCUT2D eigenvalue weighted by atomic mass is 10.1. The van der Waals surface area contributed by atoms with Gasteiger partial charge in [-0.2, -0.15) is 4.68 Å². The van der Waals surface area contributed by atoms with Gasteiger partial charge in [0.1, 0.15) is 6.54 Å². The van der Waals surface area contributed by atoms with Gasteiger partial charge in [-0.15, -0.1) is 5.10 Å². The van der Waals surface area contributed by atoms with Crippen LogP contribution in [-0.4, -0.2) is 51.0 Å². The van der Waals surface area contributed by atoms with Crippen LogP contribution in [0.2, 0.25) is 0 Å².